The van der Waals surface area contributed by atoms with E-state index < -0.39 is 0 Å². The predicted octanol–water partition coefficient (Wildman–Crippen LogP) is 3.15. The molecule has 0 saturated heterocycles. The number of nitrogens with zero attached hydrogens (tertiary/aromatic N) is 4. The van der Waals surface area contributed by atoms with Gasteiger partial charge in [-0.15, -0.1) is 0 Å². The van der Waals surface area contributed by atoms with E-state index in [4.69, 9.17) is 0 Å². The van der Waals surface area contributed by atoms with Gasteiger partial charge >= 0.3 is 0 Å². The van der Waals surface area contributed by atoms with Gasteiger partial charge < -0.3 is 5.32 Å². The zero-order valence-electron chi connectivity index (χ0n) is 11.9. The molecule has 0 amide bonds. The van der Waals surface area contributed by atoms with E-state index >= 15 is 0 Å². The maximum Gasteiger partial charge on any atom is 0.163 e. The third kappa shape index (κ3) is 3.08. The van der Waals surface area contributed by atoms with Crippen molar-refractivity contribution in [3.05, 3.63) is 54.9 Å². The summed E-state index contributed by atoms with van der Waals surface area (Å²) in [6.45, 7) is 3.00. The van der Waals surface area contributed by atoms with Crippen molar-refractivity contribution in [1.82, 2.24) is 19.7 Å². The van der Waals surface area contributed by atoms with Crippen molar-refractivity contribution >= 4 is 5.82 Å². The van der Waals surface area contributed by atoms with Crippen molar-refractivity contribution < 1.29 is 0 Å². The molecule has 2 heterocycles. The van der Waals surface area contributed by atoms with Gasteiger partial charge in [-0.05, 0) is 12.5 Å². The van der Waals surface area contributed by atoms with E-state index in [0.29, 0.717) is 5.82 Å². The zero-order valence-corrected chi connectivity index (χ0v) is 11.9. The monoisotopic (exact) mass is 279 g/mol. The van der Waals surface area contributed by atoms with Crippen molar-refractivity contribution in [2.45, 2.75) is 13.3 Å². The number of anilines is 1. The lowest BCUT2D eigenvalue weighted by Gasteiger charge is -2.09. The van der Waals surface area contributed by atoms with Gasteiger partial charge in [0.25, 0.3) is 0 Å². The quantitative estimate of drug-likeness (QED) is 0.779. The van der Waals surface area contributed by atoms with Crippen LogP contribution in [-0.4, -0.2) is 26.3 Å². The Morgan fingerprint density at radius 2 is 1.95 bits per heavy atom. The number of benzene rings is 1. The Morgan fingerprint density at radius 1 is 1.10 bits per heavy atom. The lowest BCUT2D eigenvalue weighted by atomic mass is 10.2. The van der Waals surface area contributed by atoms with Crippen LogP contribution in [0.2, 0.25) is 0 Å². The molecule has 21 heavy (non-hydrogen) atoms. The molecule has 0 spiro atoms. The molecule has 0 atom stereocenters. The lowest BCUT2D eigenvalue weighted by molar-refractivity contribution is 0.840. The van der Waals surface area contributed by atoms with Crippen molar-refractivity contribution in [3.8, 4) is 17.2 Å². The molecule has 3 rings (SSSR count). The third-order valence-electron chi connectivity index (χ3n) is 3.04. The fourth-order valence-corrected chi connectivity index (χ4v) is 2.02. The first-order chi connectivity index (χ1) is 10.4. The summed E-state index contributed by atoms with van der Waals surface area (Å²) in [6.07, 6.45) is 4.66. The number of hydrogen-bond acceptors (Lipinski definition) is 4. The number of hydrogen-bond donors (Lipinski definition) is 1. The van der Waals surface area contributed by atoms with Gasteiger partial charge in [-0.3, -0.25) is 0 Å². The Hall–Kier alpha value is -2.69. The normalized spacial score (nSPS) is 10.5. The third-order valence-corrected chi connectivity index (χ3v) is 3.04. The largest absolute Gasteiger partial charge is 0.370 e. The molecule has 0 saturated carbocycles. The number of aromatic nitrogens is 4. The molecule has 0 aliphatic rings. The Morgan fingerprint density at radius 3 is 2.67 bits per heavy atom. The fraction of sp³-hybridized carbons (Fsp3) is 0.188. The van der Waals surface area contributed by atoms with Gasteiger partial charge in [0, 0.05) is 30.6 Å². The molecule has 0 aliphatic carbocycles. The second kappa shape index (κ2) is 6.17. The van der Waals surface area contributed by atoms with Crippen molar-refractivity contribution in [1.29, 1.82) is 0 Å². The van der Waals surface area contributed by atoms with E-state index in [-0.39, 0.29) is 0 Å². The van der Waals surface area contributed by atoms with E-state index in [1.165, 1.54) is 0 Å². The molecule has 3 aromatic rings. The lowest BCUT2D eigenvalue weighted by Crippen LogP contribution is -2.07. The molecule has 0 bridgehead atoms. The molecular weight excluding hydrogens is 262 g/mol. The summed E-state index contributed by atoms with van der Waals surface area (Å²) in [6, 6.07) is 13.8. The topological polar surface area (TPSA) is 55.6 Å². The highest BCUT2D eigenvalue weighted by Gasteiger charge is 2.08. The van der Waals surface area contributed by atoms with Crippen LogP contribution in [0, 0.1) is 0 Å². The van der Waals surface area contributed by atoms with Crippen LogP contribution in [-0.2, 0) is 0 Å². The molecule has 0 unspecified atom stereocenters. The molecule has 5 nitrogen and oxygen atoms in total. The number of nitrogens with one attached hydrogen (secondary N) is 1. The average molecular weight is 279 g/mol. The minimum Gasteiger partial charge on any atom is -0.370 e. The van der Waals surface area contributed by atoms with E-state index in [0.717, 1.165) is 30.2 Å². The van der Waals surface area contributed by atoms with Crippen molar-refractivity contribution in [2.24, 2.45) is 0 Å². The first-order valence-electron chi connectivity index (χ1n) is 7.05. The molecule has 0 fully saturated rings. The summed E-state index contributed by atoms with van der Waals surface area (Å²) in [7, 11) is 0. The smallest absolute Gasteiger partial charge is 0.163 e. The van der Waals surface area contributed by atoms with E-state index in [9.17, 15) is 0 Å². The van der Waals surface area contributed by atoms with Gasteiger partial charge in [0.15, 0.2) is 11.6 Å². The van der Waals surface area contributed by atoms with Gasteiger partial charge in [0.2, 0.25) is 0 Å². The Kier molecular flexibility index (Phi) is 3.91. The van der Waals surface area contributed by atoms with Gasteiger partial charge in [0.1, 0.15) is 5.82 Å². The van der Waals surface area contributed by atoms with Crippen molar-refractivity contribution in [2.75, 3.05) is 11.9 Å². The molecule has 106 valence electrons. The summed E-state index contributed by atoms with van der Waals surface area (Å²) in [5.41, 5.74) is 0.992. The summed E-state index contributed by atoms with van der Waals surface area (Å²) >= 11 is 0. The second-order valence-corrected chi connectivity index (χ2v) is 4.68. The van der Waals surface area contributed by atoms with E-state index in [1.54, 1.807) is 10.9 Å². The van der Waals surface area contributed by atoms with Crippen LogP contribution in [0.25, 0.3) is 17.2 Å². The first kappa shape index (κ1) is 13.3. The highest BCUT2D eigenvalue weighted by Crippen LogP contribution is 2.19. The van der Waals surface area contributed by atoms with Gasteiger partial charge in [-0.25, -0.2) is 14.6 Å². The molecule has 1 aromatic carbocycles. The second-order valence-electron chi connectivity index (χ2n) is 4.68. The van der Waals surface area contributed by atoms with Crippen LogP contribution in [0.1, 0.15) is 13.3 Å². The minimum absolute atomic E-state index is 0.696. The van der Waals surface area contributed by atoms with Gasteiger partial charge in [-0.1, -0.05) is 37.3 Å². The summed E-state index contributed by atoms with van der Waals surface area (Å²) < 4.78 is 1.74. The average Bonchev–Trinajstić information content (AvgIpc) is 3.08. The Labute approximate surface area is 123 Å². The van der Waals surface area contributed by atoms with Crippen LogP contribution in [0.5, 0.6) is 0 Å². The molecule has 5 heteroatoms. The summed E-state index contributed by atoms with van der Waals surface area (Å²) in [5.74, 6) is 2.27. The number of rotatable bonds is 5. The molecular formula is C16H17N5. The summed E-state index contributed by atoms with van der Waals surface area (Å²) in [5, 5.41) is 7.56. The fourth-order valence-electron chi connectivity index (χ4n) is 2.02. The summed E-state index contributed by atoms with van der Waals surface area (Å²) in [4.78, 5) is 9.19. The maximum atomic E-state index is 4.60. The Balaban J connectivity index is 2.05. The predicted molar refractivity (Wildman–Crippen MR) is 83.4 cm³/mol. The maximum absolute atomic E-state index is 4.60. The highest BCUT2D eigenvalue weighted by atomic mass is 15.3. The Bertz CT molecular complexity index is 692. The van der Waals surface area contributed by atoms with Gasteiger partial charge in [0.05, 0.1) is 0 Å². The molecule has 0 radical (unpaired) electrons. The van der Waals surface area contributed by atoms with Crippen LogP contribution < -0.4 is 5.32 Å². The van der Waals surface area contributed by atoms with E-state index in [2.05, 4.69) is 27.3 Å². The standard InChI is InChI=1S/C16H17N5/c1-2-9-17-14-12-15(21-11-6-10-18-21)20-16(19-14)13-7-4-3-5-8-13/h3-8,10-12H,2,9H2,1H3,(H,17,19,20). The first-order valence-corrected chi connectivity index (χ1v) is 7.05. The van der Waals surface area contributed by atoms with Crippen LogP contribution in [0.4, 0.5) is 5.82 Å². The molecule has 2 aromatic heterocycles. The minimum atomic E-state index is 0.696. The van der Waals surface area contributed by atoms with E-state index in [1.807, 2.05) is 48.7 Å². The van der Waals surface area contributed by atoms with Crippen LogP contribution in [0.3, 0.4) is 0 Å². The SMILES string of the molecule is CCCNc1cc(-n2cccn2)nc(-c2ccccc2)n1. The highest BCUT2D eigenvalue weighted by molar-refractivity contribution is 5.59. The van der Waals surface area contributed by atoms with Gasteiger partial charge in [-0.2, -0.15) is 5.10 Å². The van der Waals surface area contributed by atoms with Crippen LogP contribution >= 0.6 is 0 Å². The molecule has 1 N–H and O–H groups in total. The zero-order chi connectivity index (χ0) is 14.5. The molecule has 0 aliphatic heterocycles. The van der Waals surface area contributed by atoms with Crippen molar-refractivity contribution in [3.63, 3.8) is 0 Å². The van der Waals surface area contributed by atoms with Crippen LogP contribution in [0.15, 0.2) is 54.9 Å².